The van der Waals surface area contributed by atoms with Crippen molar-refractivity contribution >= 4 is 21.5 Å². The molecule has 0 amide bonds. The van der Waals surface area contributed by atoms with Crippen molar-refractivity contribution in [1.29, 1.82) is 0 Å². The summed E-state index contributed by atoms with van der Waals surface area (Å²) in [5, 5.41) is 5.04. The first-order valence-electron chi connectivity index (χ1n) is 18.3. The molecule has 250 valence electrons. The number of aromatic nitrogens is 2. The maximum atomic E-state index is 5.09. The zero-order chi connectivity index (χ0) is 35.5. The van der Waals surface area contributed by atoms with Crippen LogP contribution in [0, 0.1) is 0 Å². The van der Waals surface area contributed by atoms with E-state index in [0.29, 0.717) is 5.82 Å². The molecule has 1 heterocycles. The van der Waals surface area contributed by atoms with Crippen molar-refractivity contribution in [1.82, 2.24) is 9.97 Å². The molecule has 9 aromatic rings. The van der Waals surface area contributed by atoms with E-state index in [4.69, 9.17) is 9.97 Å². The maximum Gasteiger partial charge on any atom is 0.160 e. The van der Waals surface area contributed by atoms with Crippen LogP contribution in [0.4, 0.5) is 0 Å². The SMILES string of the molecule is CC1(C)c2cc3ccccc3cc2-c2c(-c3c(-c4ccc(-c5nc(-c6ccccc6)cc(-c6ccccc6)n5)cc4)ccc4ccccc34)cccc21. The van der Waals surface area contributed by atoms with Crippen LogP contribution in [0.3, 0.4) is 0 Å². The molecule has 0 unspecified atom stereocenters. The summed E-state index contributed by atoms with van der Waals surface area (Å²) < 4.78 is 0. The minimum Gasteiger partial charge on any atom is -0.228 e. The Labute approximate surface area is 310 Å². The van der Waals surface area contributed by atoms with E-state index in [0.717, 1.165) is 33.6 Å². The monoisotopic (exact) mass is 676 g/mol. The molecule has 1 aromatic heterocycles. The number of benzene rings is 8. The smallest absolute Gasteiger partial charge is 0.160 e. The Hall–Kier alpha value is -6.64. The zero-order valence-corrected chi connectivity index (χ0v) is 29.7. The molecule has 0 radical (unpaired) electrons. The van der Waals surface area contributed by atoms with Gasteiger partial charge < -0.3 is 0 Å². The van der Waals surface area contributed by atoms with Crippen molar-refractivity contribution in [3.63, 3.8) is 0 Å². The molecular formula is C51H36N2. The lowest BCUT2D eigenvalue weighted by atomic mass is 9.81. The third-order valence-electron chi connectivity index (χ3n) is 11.1. The Bertz CT molecular complexity index is 2780. The minimum atomic E-state index is -0.121. The number of nitrogens with zero attached hydrogens (tertiary/aromatic N) is 2. The topological polar surface area (TPSA) is 25.8 Å². The van der Waals surface area contributed by atoms with Gasteiger partial charge in [-0.2, -0.15) is 0 Å². The molecule has 0 atom stereocenters. The molecular weight excluding hydrogens is 641 g/mol. The molecule has 2 nitrogen and oxygen atoms in total. The highest BCUT2D eigenvalue weighted by atomic mass is 14.9. The lowest BCUT2D eigenvalue weighted by molar-refractivity contribution is 0.661. The van der Waals surface area contributed by atoms with Crippen molar-refractivity contribution in [3.05, 3.63) is 193 Å². The molecule has 1 aliphatic carbocycles. The first-order chi connectivity index (χ1) is 26.0. The predicted molar refractivity (Wildman–Crippen MR) is 222 cm³/mol. The summed E-state index contributed by atoms with van der Waals surface area (Å²) in [5.41, 5.74) is 15.1. The van der Waals surface area contributed by atoms with Crippen LogP contribution in [0.1, 0.15) is 25.0 Å². The molecule has 0 saturated heterocycles. The van der Waals surface area contributed by atoms with Gasteiger partial charge in [-0.3, -0.25) is 0 Å². The highest BCUT2D eigenvalue weighted by molar-refractivity contribution is 6.09. The van der Waals surface area contributed by atoms with E-state index in [1.54, 1.807) is 0 Å². The van der Waals surface area contributed by atoms with Crippen molar-refractivity contribution in [2.75, 3.05) is 0 Å². The average Bonchev–Trinajstić information content (AvgIpc) is 3.45. The minimum absolute atomic E-state index is 0.121. The fourth-order valence-corrected chi connectivity index (χ4v) is 8.37. The number of hydrogen-bond donors (Lipinski definition) is 0. The number of hydrogen-bond acceptors (Lipinski definition) is 2. The molecule has 10 rings (SSSR count). The van der Waals surface area contributed by atoms with Crippen molar-refractivity contribution in [2.24, 2.45) is 0 Å². The maximum absolute atomic E-state index is 5.09. The Morgan fingerprint density at radius 3 is 1.62 bits per heavy atom. The molecule has 0 N–H and O–H groups in total. The summed E-state index contributed by atoms with van der Waals surface area (Å²) in [7, 11) is 0. The van der Waals surface area contributed by atoms with Gasteiger partial charge in [0.2, 0.25) is 0 Å². The zero-order valence-electron chi connectivity index (χ0n) is 29.7. The largest absolute Gasteiger partial charge is 0.228 e. The molecule has 2 heteroatoms. The van der Waals surface area contributed by atoms with Crippen LogP contribution in [0.25, 0.3) is 88.8 Å². The van der Waals surface area contributed by atoms with Gasteiger partial charge in [0.1, 0.15) is 0 Å². The molecule has 53 heavy (non-hydrogen) atoms. The lowest BCUT2D eigenvalue weighted by Crippen LogP contribution is -2.14. The van der Waals surface area contributed by atoms with Gasteiger partial charge in [0.05, 0.1) is 11.4 Å². The van der Waals surface area contributed by atoms with Gasteiger partial charge >= 0.3 is 0 Å². The lowest BCUT2D eigenvalue weighted by Gasteiger charge is -2.22. The third kappa shape index (κ3) is 5.18. The second-order valence-electron chi connectivity index (χ2n) is 14.6. The second kappa shape index (κ2) is 12.3. The van der Waals surface area contributed by atoms with E-state index < -0.39 is 0 Å². The first-order valence-corrected chi connectivity index (χ1v) is 18.3. The summed E-state index contributed by atoms with van der Waals surface area (Å²) in [6.45, 7) is 4.74. The Kier molecular flexibility index (Phi) is 7.19. The van der Waals surface area contributed by atoms with Crippen LogP contribution in [-0.2, 0) is 5.41 Å². The van der Waals surface area contributed by atoms with E-state index in [-0.39, 0.29) is 5.41 Å². The summed E-state index contributed by atoms with van der Waals surface area (Å²) in [6, 6.07) is 65.4. The van der Waals surface area contributed by atoms with Crippen LogP contribution in [0.15, 0.2) is 182 Å². The highest BCUT2D eigenvalue weighted by Crippen LogP contribution is 2.54. The van der Waals surface area contributed by atoms with Gasteiger partial charge in [-0.1, -0.05) is 178 Å². The Morgan fingerprint density at radius 2 is 0.943 bits per heavy atom. The summed E-state index contributed by atoms with van der Waals surface area (Å²) >= 11 is 0. The molecule has 0 aliphatic heterocycles. The van der Waals surface area contributed by atoms with Gasteiger partial charge in [-0.05, 0) is 84.3 Å². The molecule has 1 aliphatic rings. The van der Waals surface area contributed by atoms with Crippen LogP contribution < -0.4 is 0 Å². The normalized spacial score (nSPS) is 12.9. The third-order valence-corrected chi connectivity index (χ3v) is 11.1. The quantitative estimate of drug-likeness (QED) is 0.181. The van der Waals surface area contributed by atoms with Crippen molar-refractivity contribution < 1.29 is 0 Å². The number of rotatable bonds is 5. The molecule has 0 fully saturated rings. The fraction of sp³-hybridized carbons (Fsp3) is 0.0588. The van der Waals surface area contributed by atoms with E-state index in [1.165, 1.54) is 60.5 Å². The van der Waals surface area contributed by atoms with Crippen LogP contribution in [-0.4, -0.2) is 9.97 Å². The molecule has 0 saturated carbocycles. The molecule has 8 aromatic carbocycles. The summed E-state index contributed by atoms with van der Waals surface area (Å²) in [6.07, 6.45) is 0. The second-order valence-corrected chi connectivity index (χ2v) is 14.6. The summed E-state index contributed by atoms with van der Waals surface area (Å²) in [4.78, 5) is 10.2. The Balaban J connectivity index is 1.15. The highest BCUT2D eigenvalue weighted by Gasteiger charge is 2.37. The summed E-state index contributed by atoms with van der Waals surface area (Å²) in [5.74, 6) is 0.711. The standard InChI is InChI=1S/C51H36N2/c1-51(2)44-23-13-22-42(49(44)43-30-38-19-9-10-20-39(38)31-45(43)51)48-40-21-12-11-14-33(40)28-29-41(48)34-24-26-37(27-25-34)50-52-46(35-15-5-3-6-16-35)32-47(53-50)36-17-7-4-8-18-36/h3-32H,1-2H3. The molecule has 0 spiro atoms. The first kappa shape index (κ1) is 31.1. The van der Waals surface area contributed by atoms with Crippen molar-refractivity contribution in [2.45, 2.75) is 19.3 Å². The van der Waals surface area contributed by atoms with Crippen LogP contribution in [0.2, 0.25) is 0 Å². The van der Waals surface area contributed by atoms with E-state index in [9.17, 15) is 0 Å². The van der Waals surface area contributed by atoms with Crippen LogP contribution >= 0.6 is 0 Å². The van der Waals surface area contributed by atoms with Crippen LogP contribution in [0.5, 0.6) is 0 Å². The Morgan fingerprint density at radius 1 is 0.358 bits per heavy atom. The van der Waals surface area contributed by atoms with Gasteiger partial charge in [0.25, 0.3) is 0 Å². The number of fused-ring (bicyclic) bond motifs is 5. The van der Waals surface area contributed by atoms with Gasteiger partial charge in [-0.25, -0.2) is 9.97 Å². The van der Waals surface area contributed by atoms with Gasteiger partial charge in [0.15, 0.2) is 5.82 Å². The van der Waals surface area contributed by atoms with Gasteiger partial charge in [-0.15, -0.1) is 0 Å². The van der Waals surface area contributed by atoms with Gasteiger partial charge in [0, 0.05) is 22.1 Å². The predicted octanol–water partition coefficient (Wildman–Crippen LogP) is 13.4. The van der Waals surface area contributed by atoms with E-state index >= 15 is 0 Å². The van der Waals surface area contributed by atoms with Crippen molar-refractivity contribution in [3.8, 4) is 67.3 Å². The van der Waals surface area contributed by atoms with E-state index in [2.05, 4.69) is 184 Å². The van der Waals surface area contributed by atoms with E-state index in [1.807, 2.05) is 12.1 Å². The molecule has 0 bridgehead atoms. The fourth-order valence-electron chi connectivity index (χ4n) is 8.37. The average molecular weight is 677 g/mol.